The molecule has 3 aliphatic rings. The van der Waals surface area contributed by atoms with Gasteiger partial charge in [-0.1, -0.05) is 30.4 Å². The van der Waals surface area contributed by atoms with Crippen LogP contribution in [0.5, 0.6) is 0 Å². The number of benzene rings is 1. The van der Waals surface area contributed by atoms with Crippen LogP contribution in [0.2, 0.25) is 0 Å². The predicted molar refractivity (Wildman–Crippen MR) is 134 cm³/mol. The van der Waals surface area contributed by atoms with Crippen molar-refractivity contribution >= 4 is 39.0 Å². The lowest BCUT2D eigenvalue weighted by molar-refractivity contribution is 0.0751. The second-order valence-electron chi connectivity index (χ2n) is 9.49. The molecule has 1 N–H and O–H groups in total. The molecule has 3 aromatic rings. The Kier molecular flexibility index (Phi) is 5.29. The number of hydrogen-bond acceptors (Lipinski definition) is 6. The lowest BCUT2D eigenvalue weighted by atomic mass is 9.93. The van der Waals surface area contributed by atoms with E-state index in [0.717, 1.165) is 65.1 Å². The Morgan fingerprint density at radius 2 is 1.91 bits per heavy atom. The fourth-order valence-electron chi connectivity index (χ4n) is 5.72. The first-order valence-electron chi connectivity index (χ1n) is 11.9. The molecule has 33 heavy (non-hydrogen) atoms. The van der Waals surface area contributed by atoms with Crippen molar-refractivity contribution in [1.82, 2.24) is 14.9 Å². The van der Waals surface area contributed by atoms with Gasteiger partial charge in [0.1, 0.15) is 17.0 Å². The number of hydrogen-bond donors (Lipinski definition) is 1. The van der Waals surface area contributed by atoms with Crippen LogP contribution in [0.1, 0.15) is 28.1 Å². The number of carbonyl (C=O) groups excluding carboxylic acids is 1. The maximum absolute atomic E-state index is 13.4. The number of amides is 1. The van der Waals surface area contributed by atoms with Gasteiger partial charge in [0, 0.05) is 38.4 Å². The van der Waals surface area contributed by atoms with Gasteiger partial charge in [0.25, 0.3) is 5.91 Å². The summed E-state index contributed by atoms with van der Waals surface area (Å²) in [7, 11) is 0. The van der Waals surface area contributed by atoms with E-state index in [4.69, 9.17) is 0 Å². The number of para-hydroxylation sites is 1. The highest BCUT2D eigenvalue weighted by Crippen LogP contribution is 2.43. The van der Waals surface area contributed by atoms with Crippen molar-refractivity contribution in [2.45, 2.75) is 19.8 Å². The van der Waals surface area contributed by atoms with Crippen molar-refractivity contribution in [3.8, 4) is 0 Å². The standard InChI is InChI=1S/C26H29N5OS/c1-17-22-24(27-15-20-14-18-7-8-19(20)13-18)28-16-29-25(22)33-23(17)26(32)31-11-9-30(10-12-31)21-5-3-2-4-6-21/h2-8,16,18-20H,9-15H2,1H3,(H,27,28,29)/t18-,19+,20-/m0/s1. The minimum Gasteiger partial charge on any atom is -0.369 e. The summed E-state index contributed by atoms with van der Waals surface area (Å²) in [6.45, 7) is 6.14. The zero-order chi connectivity index (χ0) is 22.4. The number of fused-ring (bicyclic) bond motifs is 3. The van der Waals surface area contributed by atoms with Gasteiger partial charge in [-0.2, -0.15) is 0 Å². The molecule has 170 valence electrons. The highest BCUT2D eigenvalue weighted by atomic mass is 32.1. The highest BCUT2D eigenvalue weighted by molar-refractivity contribution is 7.20. The zero-order valence-corrected chi connectivity index (χ0v) is 19.7. The lowest BCUT2D eigenvalue weighted by Crippen LogP contribution is -2.48. The van der Waals surface area contributed by atoms with Gasteiger partial charge < -0.3 is 15.1 Å². The van der Waals surface area contributed by atoms with Gasteiger partial charge in [0.15, 0.2) is 0 Å². The van der Waals surface area contributed by atoms with Crippen LogP contribution in [0, 0.1) is 24.7 Å². The third kappa shape index (κ3) is 3.78. The Hall–Kier alpha value is -2.93. The Morgan fingerprint density at radius 1 is 1.09 bits per heavy atom. The third-order valence-corrected chi connectivity index (χ3v) is 8.75. The Balaban J connectivity index is 1.17. The number of carbonyl (C=O) groups is 1. The van der Waals surface area contributed by atoms with Crippen LogP contribution in [0.4, 0.5) is 11.5 Å². The number of nitrogens with one attached hydrogen (secondary N) is 1. The Morgan fingerprint density at radius 3 is 2.64 bits per heavy atom. The molecule has 7 heteroatoms. The lowest BCUT2D eigenvalue weighted by Gasteiger charge is -2.36. The van der Waals surface area contributed by atoms with Crippen molar-refractivity contribution in [3.05, 3.63) is 59.3 Å². The fourth-order valence-corrected chi connectivity index (χ4v) is 6.83. The molecule has 6 nitrogen and oxygen atoms in total. The molecule has 2 bridgehead atoms. The number of piperazine rings is 1. The van der Waals surface area contributed by atoms with Gasteiger partial charge >= 0.3 is 0 Å². The molecule has 0 spiro atoms. The molecule has 3 atom stereocenters. The van der Waals surface area contributed by atoms with E-state index in [1.165, 1.54) is 29.9 Å². The molecule has 6 rings (SSSR count). The summed E-state index contributed by atoms with van der Waals surface area (Å²) in [4.78, 5) is 28.5. The second kappa shape index (κ2) is 8.45. The average Bonchev–Trinajstić information content (AvgIpc) is 3.58. The molecular weight excluding hydrogens is 430 g/mol. The van der Waals surface area contributed by atoms with Crippen molar-refractivity contribution in [2.24, 2.45) is 17.8 Å². The number of rotatable bonds is 5. The van der Waals surface area contributed by atoms with E-state index in [1.54, 1.807) is 6.33 Å². The summed E-state index contributed by atoms with van der Waals surface area (Å²) in [5, 5.41) is 4.61. The van der Waals surface area contributed by atoms with Crippen molar-refractivity contribution < 1.29 is 4.79 Å². The van der Waals surface area contributed by atoms with Crippen LogP contribution in [0.15, 0.2) is 48.8 Å². The van der Waals surface area contributed by atoms with E-state index < -0.39 is 0 Å². The monoisotopic (exact) mass is 459 g/mol. The summed E-state index contributed by atoms with van der Waals surface area (Å²) < 4.78 is 0. The van der Waals surface area contributed by atoms with Crippen LogP contribution < -0.4 is 10.2 Å². The first-order chi connectivity index (χ1) is 16.2. The van der Waals surface area contributed by atoms with Gasteiger partial charge in [-0.25, -0.2) is 9.97 Å². The van der Waals surface area contributed by atoms with Crippen LogP contribution in [-0.4, -0.2) is 53.5 Å². The average molecular weight is 460 g/mol. The Bertz CT molecular complexity index is 1200. The first-order valence-corrected chi connectivity index (χ1v) is 12.7. The van der Waals surface area contributed by atoms with Gasteiger partial charge in [-0.05, 0) is 55.2 Å². The molecule has 1 amide bonds. The molecular formula is C26H29N5OS. The number of thiophene rings is 1. The van der Waals surface area contributed by atoms with E-state index in [0.29, 0.717) is 11.8 Å². The molecule has 1 aromatic carbocycles. The molecule has 1 saturated carbocycles. The minimum atomic E-state index is 0.118. The van der Waals surface area contributed by atoms with E-state index in [2.05, 4.69) is 56.6 Å². The van der Waals surface area contributed by atoms with Gasteiger partial charge in [0.05, 0.1) is 10.3 Å². The molecule has 2 aliphatic carbocycles. The quantitative estimate of drug-likeness (QED) is 0.566. The molecule has 3 heterocycles. The zero-order valence-electron chi connectivity index (χ0n) is 18.9. The summed E-state index contributed by atoms with van der Waals surface area (Å²) in [5.74, 6) is 3.13. The van der Waals surface area contributed by atoms with Gasteiger partial charge in [0.2, 0.25) is 0 Å². The second-order valence-corrected chi connectivity index (χ2v) is 10.5. The van der Waals surface area contributed by atoms with Crippen LogP contribution in [-0.2, 0) is 0 Å². The fraction of sp³-hybridized carbons (Fsp3) is 0.423. The summed E-state index contributed by atoms with van der Waals surface area (Å²) in [6.07, 6.45) is 8.96. The molecule has 0 unspecified atom stereocenters. The molecule has 2 aromatic heterocycles. The largest absolute Gasteiger partial charge is 0.369 e. The first kappa shape index (κ1) is 20.7. The van der Waals surface area contributed by atoms with Gasteiger partial charge in [-0.3, -0.25) is 4.79 Å². The highest BCUT2D eigenvalue weighted by Gasteiger charge is 2.35. The van der Waals surface area contributed by atoms with Crippen LogP contribution >= 0.6 is 11.3 Å². The van der Waals surface area contributed by atoms with Crippen LogP contribution in [0.3, 0.4) is 0 Å². The van der Waals surface area contributed by atoms with Crippen LogP contribution in [0.25, 0.3) is 10.2 Å². The number of nitrogens with zero attached hydrogens (tertiary/aromatic N) is 4. The van der Waals surface area contributed by atoms with E-state index in [-0.39, 0.29) is 5.91 Å². The predicted octanol–water partition coefficient (Wildman–Crippen LogP) is 4.59. The molecule has 1 aliphatic heterocycles. The van der Waals surface area contributed by atoms with Gasteiger partial charge in [-0.15, -0.1) is 11.3 Å². The SMILES string of the molecule is Cc1c(C(=O)N2CCN(c3ccccc3)CC2)sc2ncnc(NC[C@@H]3C[C@H]4C=C[C@@H]3C4)c12. The topological polar surface area (TPSA) is 61.4 Å². The van der Waals surface area contributed by atoms with E-state index in [1.807, 2.05) is 17.9 Å². The summed E-state index contributed by atoms with van der Waals surface area (Å²) >= 11 is 1.50. The third-order valence-electron chi connectivity index (χ3n) is 7.56. The van der Waals surface area contributed by atoms with Crippen molar-refractivity contribution in [3.63, 3.8) is 0 Å². The van der Waals surface area contributed by atoms with Crippen molar-refractivity contribution in [1.29, 1.82) is 0 Å². The summed E-state index contributed by atoms with van der Waals surface area (Å²) in [5.41, 5.74) is 2.22. The maximum atomic E-state index is 13.4. The number of anilines is 2. The van der Waals surface area contributed by atoms with E-state index >= 15 is 0 Å². The van der Waals surface area contributed by atoms with Crippen molar-refractivity contribution in [2.75, 3.05) is 42.9 Å². The van der Waals surface area contributed by atoms with E-state index in [9.17, 15) is 4.79 Å². The normalized spacial score (nSPS) is 24.1. The minimum absolute atomic E-state index is 0.118. The molecule has 2 fully saturated rings. The molecule has 0 radical (unpaired) electrons. The molecule has 1 saturated heterocycles. The number of aryl methyl sites for hydroxylation is 1. The maximum Gasteiger partial charge on any atom is 0.264 e. The number of allylic oxidation sites excluding steroid dienone is 2. The Labute approximate surface area is 198 Å². The smallest absolute Gasteiger partial charge is 0.264 e. The number of aromatic nitrogens is 2. The summed E-state index contributed by atoms with van der Waals surface area (Å²) in [6, 6.07) is 10.4.